The zero-order chi connectivity index (χ0) is 15.0. The second-order valence-electron chi connectivity index (χ2n) is 5.02. The Kier molecular flexibility index (Phi) is 3.55. The largest absolute Gasteiger partial charge is 0.342 e. The molecule has 0 bridgehead atoms. The van der Waals surface area contributed by atoms with Crippen LogP contribution in [0, 0.1) is 0 Å². The van der Waals surface area contributed by atoms with Gasteiger partial charge < -0.3 is 0 Å². The van der Waals surface area contributed by atoms with Gasteiger partial charge in [0.15, 0.2) is 0 Å². The number of carbonyl (C=O) groups excluding carboxylic acids is 3. The number of nitrogens with zero attached hydrogens (tertiary/aromatic N) is 2. The number of halogens is 1. The molecule has 0 aromatic heterocycles. The first kappa shape index (κ1) is 13.9. The molecular formula is C14H14ClN3O3. The molecule has 0 saturated carbocycles. The fourth-order valence-corrected chi connectivity index (χ4v) is 2.82. The van der Waals surface area contributed by atoms with Crippen LogP contribution in [0.1, 0.15) is 27.9 Å². The molecule has 1 aromatic rings. The number of benzene rings is 1. The van der Waals surface area contributed by atoms with Crippen LogP contribution >= 0.6 is 11.6 Å². The van der Waals surface area contributed by atoms with Crippen molar-refractivity contribution in [2.45, 2.75) is 19.4 Å². The first-order valence-electron chi connectivity index (χ1n) is 6.71. The molecule has 1 aromatic carbocycles. The maximum absolute atomic E-state index is 12.4. The summed E-state index contributed by atoms with van der Waals surface area (Å²) in [5, 5.41) is 4.90. The Labute approximate surface area is 126 Å². The third-order valence-corrected chi connectivity index (χ3v) is 3.85. The predicted molar refractivity (Wildman–Crippen MR) is 75.6 cm³/mol. The van der Waals surface area contributed by atoms with Gasteiger partial charge >= 0.3 is 6.03 Å². The fraction of sp³-hybridized carbons (Fsp3) is 0.357. The molecule has 0 unspecified atom stereocenters. The second kappa shape index (κ2) is 5.37. The highest BCUT2D eigenvalue weighted by Gasteiger charge is 2.36. The van der Waals surface area contributed by atoms with E-state index in [1.165, 1.54) is 10.0 Å². The smallest absolute Gasteiger partial charge is 0.276 e. The molecule has 21 heavy (non-hydrogen) atoms. The van der Waals surface area contributed by atoms with E-state index in [0.717, 1.165) is 17.5 Å². The molecular weight excluding hydrogens is 294 g/mol. The summed E-state index contributed by atoms with van der Waals surface area (Å²) in [7, 11) is 0. The summed E-state index contributed by atoms with van der Waals surface area (Å²) in [6.45, 7) is 0.560. The summed E-state index contributed by atoms with van der Waals surface area (Å²) in [5.74, 6) is -0.00988. The van der Waals surface area contributed by atoms with Gasteiger partial charge in [0.1, 0.15) is 0 Å². The maximum atomic E-state index is 12.4. The van der Waals surface area contributed by atoms with E-state index in [-0.39, 0.29) is 24.8 Å². The van der Waals surface area contributed by atoms with E-state index < -0.39 is 6.03 Å². The van der Waals surface area contributed by atoms with Crippen molar-refractivity contribution < 1.29 is 14.4 Å². The molecule has 2 aliphatic rings. The number of alkyl halides is 1. The molecule has 4 amide bonds. The van der Waals surface area contributed by atoms with E-state index in [9.17, 15) is 14.4 Å². The number of fused-ring (bicyclic) bond motifs is 1. The zero-order valence-corrected chi connectivity index (χ0v) is 12.0. The van der Waals surface area contributed by atoms with Crippen molar-refractivity contribution in [1.29, 1.82) is 0 Å². The Morgan fingerprint density at radius 1 is 1.19 bits per heavy atom. The topological polar surface area (TPSA) is 69.7 Å². The SMILES string of the molecule is O=C1CCN(N2Cc3cc(CCCl)ccc3C2=O)C(=O)N1. The number of carbonyl (C=O) groups is 3. The van der Waals surface area contributed by atoms with Crippen LogP contribution in [-0.4, -0.2) is 40.3 Å². The molecule has 3 rings (SSSR count). The Morgan fingerprint density at radius 3 is 2.71 bits per heavy atom. The van der Waals surface area contributed by atoms with Gasteiger partial charge in [0, 0.05) is 17.9 Å². The number of rotatable bonds is 3. The molecule has 0 aliphatic carbocycles. The number of urea groups is 1. The number of amides is 4. The Bertz CT molecular complexity index is 632. The van der Waals surface area contributed by atoms with Crippen LogP contribution in [0.3, 0.4) is 0 Å². The molecule has 7 heteroatoms. The summed E-state index contributed by atoms with van der Waals surface area (Å²) in [6, 6.07) is 5.05. The van der Waals surface area contributed by atoms with Gasteiger partial charge in [-0.1, -0.05) is 12.1 Å². The molecule has 2 heterocycles. The van der Waals surface area contributed by atoms with Crippen molar-refractivity contribution >= 4 is 29.4 Å². The maximum Gasteiger partial charge on any atom is 0.342 e. The molecule has 1 fully saturated rings. The second-order valence-corrected chi connectivity index (χ2v) is 5.40. The minimum absolute atomic E-state index is 0.198. The van der Waals surface area contributed by atoms with E-state index in [0.29, 0.717) is 18.0 Å². The first-order valence-corrected chi connectivity index (χ1v) is 7.24. The molecule has 0 spiro atoms. The summed E-state index contributed by atoms with van der Waals surface area (Å²) in [4.78, 5) is 35.4. The summed E-state index contributed by atoms with van der Waals surface area (Å²) in [5.41, 5.74) is 2.54. The lowest BCUT2D eigenvalue weighted by atomic mass is 10.0. The number of hydrazine groups is 1. The highest BCUT2D eigenvalue weighted by molar-refractivity contribution is 6.18. The van der Waals surface area contributed by atoms with Crippen LogP contribution in [0.2, 0.25) is 0 Å². The molecule has 6 nitrogen and oxygen atoms in total. The van der Waals surface area contributed by atoms with Crippen LogP contribution in [0.5, 0.6) is 0 Å². The first-order chi connectivity index (χ1) is 10.1. The molecule has 2 aliphatic heterocycles. The van der Waals surface area contributed by atoms with Gasteiger partial charge in [-0.25, -0.2) is 14.8 Å². The highest BCUT2D eigenvalue weighted by Crippen LogP contribution is 2.26. The van der Waals surface area contributed by atoms with Crippen molar-refractivity contribution in [2.24, 2.45) is 0 Å². The molecule has 0 radical (unpaired) electrons. The van der Waals surface area contributed by atoms with Crippen molar-refractivity contribution in [3.05, 3.63) is 34.9 Å². The normalized spacial score (nSPS) is 18.0. The Balaban J connectivity index is 1.83. The molecule has 1 saturated heterocycles. The summed E-state index contributed by atoms with van der Waals surface area (Å²) < 4.78 is 0. The lowest BCUT2D eigenvalue weighted by Gasteiger charge is -2.33. The minimum atomic E-state index is -0.548. The number of hydrogen-bond donors (Lipinski definition) is 1. The molecule has 1 N–H and O–H groups in total. The molecule has 110 valence electrons. The Morgan fingerprint density at radius 2 is 2.00 bits per heavy atom. The van der Waals surface area contributed by atoms with Crippen LogP contribution in [0.15, 0.2) is 18.2 Å². The number of hydrogen-bond acceptors (Lipinski definition) is 3. The van der Waals surface area contributed by atoms with Crippen molar-refractivity contribution in [3.8, 4) is 0 Å². The number of aryl methyl sites for hydroxylation is 1. The van der Waals surface area contributed by atoms with Gasteiger partial charge in [-0.05, 0) is 23.6 Å². The summed E-state index contributed by atoms with van der Waals surface area (Å²) in [6.07, 6.45) is 0.936. The van der Waals surface area contributed by atoms with Crippen molar-refractivity contribution in [1.82, 2.24) is 15.3 Å². The zero-order valence-electron chi connectivity index (χ0n) is 11.3. The van der Waals surface area contributed by atoms with Gasteiger partial charge in [0.25, 0.3) is 5.91 Å². The number of nitrogens with one attached hydrogen (secondary N) is 1. The van der Waals surface area contributed by atoms with Gasteiger partial charge in [0.05, 0.1) is 13.1 Å². The quantitative estimate of drug-likeness (QED) is 0.855. The molecule has 0 atom stereocenters. The minimum Gasteiger partial charge on any atom is -0.276 e. The average molecular weight is 308 g/mol. The fourth-order valence-electron chi connectivity index (χ4n) is 2.60. The van der Waals surface area contributed by atoms with E-state index in [4.69, 9.17) is 11.6 Å². The van der Waals surface area contributed by atoms with E-state index >= 15 is 0 Å². The third-order valence-electron chi connectivity index (χ3n) is 3.66. The van der Waals surface area contributed by atoms with Crippen molar-refractivity contribution in [3.63, 3.8) is 0 Å². The standard InChI is InChI=1S/C14H14ClN3O3/c15-5-3-9-1-2-11-10(7-9)8-18(13(11)20)17-6-4-12(19)16-14(17)21/h1-2,7H,3-6,8H2,(H,16,19,21). The van der Waals surface area contributed by atoms with E-state index in [1.54, 1.807) is 6.07 Å². The van der Waals surface area contributed by atoms with E-state index in [2.05, 4.69) is 5.32 Å². The van der Waals surface area contributed by atoms with Gasteiger partial charge in [-0.3, -0.25) is 14.9 Å². The average Bonchev–Trinajstić information content (AvgIpc) is 2.76. The van der Waals surface area contributed by atoms with Crippen LogP contribution in [0.25, 0.3) is 0 Å². The van der Waals surface area contributed by atoms with Crippen LogP contribution in [0.4, 0.5) is 4.79 Å². The highest BCUT2D eigenvalue weighted by atomic mass is 35.5. The third kappa shape index (κ3) is 2.47. The lowest BCUT2D eigenvalue weighted by molar-refractivity contribution is -0.123. The lowest BCUT2D eigenvalue weighted by Crippen LogP contribution is -2.56. The summed E-state index contributed by atoms with van der Waals surface area (Å²) >= 11 is 5.73. The van der Waals surface area contributed by atoms with Gasteiger partial charge in [-0.15, -0.1) is 11.6 Å². The van der Waals surface area contributed by atoms with Gasteiger partial charge in [-0.2, -0.15) is 0 Å². The van der Waals surface area contributed by atoms with E-state index in [1.807, 2.05) is 12.1 Å². The van der Waals surface area contributed by atoms with Crippen LogP contribution in [-0.2, 0) is 17.8 Å². The van der Waals surface area contributed by atoms with Gasteiger partial charge in [0.2, 0.25) is 5.91 Å². The predicted octanol–water partition coefficient (Wildman–Crippen LogP) is 1.28. The Hall–Kier alpha value is -2.08. The van der Waals surface area contributed by atoms with Crippen molar-refractivity contribution in [2.75, 3.05) is 12.4 Å². The number of imide groups is 1. The van der Waals surface area contributed by atoms with Crippen LogP contribution < -0.4 is 5.32 Å². The monoisotopic (exact) mass is 307 g/mol.